The Kier molecular flexibility index (Phi) is 4.28. The number of rotatable bonds is 5. The summed E-state index contributed by atoms with van der Waals surface area (Å²) in [5.74, 6) is 0.290. The maximum Gasteiger partial charge on any atom is 0.293 e. The number of carbonyl (C=O) groups excluding carboxylic acids is 2. The molecule has 8 nitrogen and oxygen atoms in total. The van der Waals surface area contributed by atoms with Gasteiger partial charge in [0.25, 0.3) is 17.4 Å². The fraction of sp³-hybridized carbons (Fsp3) is 0.438. The van der Waals surface area contributed by atoms with Gasteiger partial charge in [-0.2, -0.15) is 5.16 Å². The molecule has 128 valence electrons. The van der Waals surface area contributed by atoms with E-state index in [9.17, 15) is 14.4 Å². The maximum atomic E-state index is 12.2. The maximum absolute atomic E-state index is 12.2. The van der Waals surface area contributed by atoms with Crippen molar-refractivity contribution in [1.29, 1.82) is 0 Å². The molecule has 0 bridgehead atoms. The minimum absolute atomic E-state index is 0.00605. The smallest absolute Gasteiger partial charge is 0.293 e. The highest BCUT2D eigenvalue weighted by molar-refractivity contribution is 5.96. The molecule has 24 heavy (non-hydrogen) atoms. The Morgan fingerprint density at radius 2 is 1.92 bits per heavy atom. The predicted molar refractivity (Wildman–Crippen MR) is 83.9 cm³/mol. The topological polar surface area (TPSA) is 117 Å². The van der Waals surface area contributed by atoms with Crippen LogP contribution in [0.15, 0.2) is 26.1 Å². The second kappa shape index (κ2) is 6.38. The molecule has 8 heteroatoms. The Morgan fingerprint density at radius 3 is 2.50 bits per heavy atom. The van der Waals surface area contributed by atoms with Crippen molar-refractivity contribution in [1.82, 2.24) is 15.8 Å². The molecule has 3 rings (SSSR count). The van der Waals surface area contributed by atoms with Crippen LogP contribution in [0.3, 0.4) is 0 Å². The number of aromatic nitrogens is 1. The molecule has 3 N–H and O–H groups in total. The molecule has 0 aliphatic heterocycles. The van der Waals surface area contributed by atoms with Crippen LogP contribution in [-0.2, 0) is 6.42 Å². The van der Waals surface area contributed by atoms with Crippen LogP contribution in [0.5, 0.6) is 0 Å². The fourth-order valence-electron chi connectivity index (χ4n) is 2.84. The van der Waals surface area contributed by atoms with Crippen molar-refractivity contribution in [2.24, 2.45) is 0 Å². The molecule has 0 aromatic carbocycles. The van der Waals surface area contributed by atoms with Crippen LogP contribution in [-0.4, -0.2) is 29.1 Å². The van der Waals surface area contributed by atoms with Gasteiger partial charge in [-0.1, -0.05) is 6.92 Å². The van der Waals surface area contributed by atoms with Crippen molar-refractivity contribution in [3.63, 3.8) is 0 Å². The largest absolute Gasteiger partial charge is 0.469 e. The molecule has 2 aromatic heterocycles. The van der Waals surface area contributed by atoms with Gasteiger partial charge in [0.15, 0.2) is 0 Å². The normalized spacial score (nSPS) is 19.6. The minimum Gasteiger partial charge on any atom is -0.469 e. The Balaban J connectivity index is 1.50. The Hall–Kier alpha value is -2.77. The van der Waals surface area contributed by atoms with E-state index in [1.807, 2.05) is 6.92 Å². The summed E-state index contributed by atoms with van der Waals surface area (Å²) < 4.78 is 10.1. The van der Waals surface area contributed by atoms with Crippen molar-refractivity contribution in [2.75, 3.05) is 0 Å². The molecule has 0 radical (unpaired) electrons. The van der Waals surface area contributed by atoms with Crippen molar-refractivity contribution in [2.45, 2.75) is 45.2 Å². The number of amides is 2. The Bertz CT molecular complexity index is 810. The number of hydrogen-bond acceptors (Lipinski definition) is 5. The molecule has 1 aliphatic carbocycles. The standard InChI is InChI=1S/C16H19N3O5/c1-3-12-11(4-5-23-12)14(20)17-9-6-10(7-9)18-15(21)13-8(2)24-19-16(13)22/h4-5,9-10H,3,6-7H2,1-2H3,(H,17,20)(H,18,21)(H,19,22). The van der Waals surface area contributed by atoms with Crippen LogP contribution < -0.4 is 16.2 Å². The summed E-state index contributed by atoms with van der Waals surface area (Å²) in [6.45, 7) is 3.47. The van der Waals surface area contributed by atoms with Gasteiger partial charge in [-0.3, -0.25) is 14.4 Å². The molecule has 1 aliphatic rings. The van der Waals surface area contributed by atoms with Crippen LogP contribution in [0.2, 0.25) is 0 Å². The highest BCUT2D eigenvalue weighted by Gasteiger charge is 2.33. The number of H-pyrrole nitrogens is 1. The van der Waals surface area contributed by atoms with Gasteiger partial charge < -0.3 is 19.6 Å². The SMILES string of the molecule is CCc1occc1C(=O)NC1CC(NC(=O)c2c(C)o[nH]c2=O)C1. The van der Waals surface area contributed by atoms with Gasteiger partial charge >= 0.3 is 0 Å². The second-order valence-electron chi connectivity index (χ2n) is 5.89. The van der Waals surface area contributed by atoms with E-state index in [1.54, 1.807) is 13.0 Å². The highest BCUT2D eigenvalue weighted by atomic mass is 16.5. The molecule has 0 saturated heterocycles. The molecule has 2 amide bonds. The second-order valence-corrected chi connectivity index (χ2v) is 5.89. The van der Waals surface area contributed by atoms with Crippen LogP contribution in [0.1, 0.15) is 52.0 Å². The molecule has 1 saturated carbocycles. The number of nitrogens with one attached hydrogen (secondary N) is 3. The zero-order valence-corrected chi connectivity index (χ0v) is 13.5. The van der Waals surface area contributed by atoms with Gasteiger partial charge in [0, 0.05) is 18.5 Å². The molecular formula is C16H19N3O5. The first-order chi connectivity index (χ1) is 11.5. The summed E-state index contributed by atoms with van der Waals surface area (Å²) in [4.78, 5) is 35.7. The summed E-state index contributed by atoms with van der Waals surface area (Å²) in [6, 6.07) is 1.57. The first-order valence-corrected chi connectivity index (χ1v) is 7.85. The van der Waals surface area contributed by atoms with E-state index in [0.717, 1.165) is 0 Å². The fourth-order valence-corrected chi connectivity index (χ4v) is 2.84. The number of aryl methyl sites for hydroxylation is 2. The summed E-state index contributed by atoms with van der Waals surface area (Å²) in [6.07, 6.45) is 3.39. The van der Waals surface area contributed by atoms with Crippen LogP contribution in [0.25, 0.3) is 0 Å². The van der Waals surface area contributed by atoms with Crippen molar-refractivity contribution >= 4 is 11.8 Å². The molecule has 0 unspecified atom stereocenters. The molecule has 2 heterocycles. The van der Waals surface area contributed by atoms with Crippen molar-refractivity contribution in [3.8, 4) is 0 Å². The Morgan fingerprint density at radius 1 is 1.25 bits per heavy atom. The van der Waals surface area contributed by atoms with E-state index in [2.05, 4.69) is 15.8 Å². The van der Waals surface area contributed by atoms with Crippen LogP contribution in [0, 0.1) is 6.92 Å². The zero-order chi connectivity index (χ0) is 17.3. The molecule has 0 atom stereocenters. The van der Waals surface area contributed by atoms with E-state index in [0.29, 0.717) is 30.6 Å². The van der Waals surface area contributed by atoms with E-state index in [4.69, 9.17) is 8.94 Å². The van der Waals surface area contributed by atoms with Gasteiger partial charge in [0.05, 0.1) is 11.8 Å². The molecule has 1 fully saturated rings. The van der Waals surface area contributed by atoms with Crippen molar-refractivity contribution < 1.29 is 18.5 Å². The lowest BCUT2D eigenvalue weighted by atomic mass is 9.86. The van der Waals surface area contributed by atoms with Gasteiger partial charge in [0.2, 0.25) is 0 Å². The van der Waals surface area contributed by atoms with E-state index >= 15 is 0 Å². The summed E-state index contributed by atoms with van der Waals surface area (Å²) in [7, 11) is 0. The van der Waals surface area contributed by atoms with Crippen LogP contribution >= 0.6 is 0 Å². The summed E-state index contributed by atoms with van der Waals surface area (Å²) in [5.41, 5.74) is 0.000223. The summed E-state index contributed by atoms with van der Waals surface area (Å²) in [5, 5.41) is 7.82. The first-order valence-electron chi connectivity index (χ1n) is 7.85. The number of furan rings is 1. The Labute approximate surface area is 137 Å². The highest BCUT2D eigenvalue weighted by Crippen LogP contribution is 2.22. The predicted octanol–water partition coefficient (Wildman–Crippen LogP) is 1.12. The van der Waals surface area contributed by atoms with Gasteiger partial charge in [-0.15, -0.1) is 0 Å². The third-order valence-electron chi connectivity index (χ3n) is 4.22. The quantitative estimate of drug-likeness (QED) is 0.758. The minimum atomic E-state index is -0.541. The third-order valence-corrected chi connectivity index (χ3v) is 4.22. The van der Waals surface area contributed by atoms with Gasteiger partial charge in [0.1, 0.15) is 17.1 Å². The lowest BCUT2D eigenvalue weighted by Gasteiger charge is -2.36. The van der Waals surface area contributed by atoms with E-state index in [-0.39, 0.29) is 29.3 Å². The van der Waals surface area contributed by atoms with Gasteiger partial charge in [-0.25, -0.2) is 0 Å². The van der Waals surface area contributed by atoms with Gasteiger partial charge in [-0.05, 0) is 25.8 Å². The number of aromatic amines is 1. The van der Waals surface area contributed by atoms with E-state index < -0.39 is 11.5 Å². The van der Waals surface area contributed by atoms with E-state index in [1.165, 1.54) is 6.26 Å². The average Bonchev–Trinajstić information content (AvgIpc) is 3.11. The molecular weight excluding hydrogens is 314 g/mol. The monoisotopic (exact) mass is 333 g/mol. The average molecular weight is 333 g/mol. The van der Waals surface area contributed by atoms with Crippen LogP contribution in [0.4, 0.5) is 0 Å². The van der Waals surface area contributed by atoms with Crippen molar-refractivity contribution in [3.05, 3.63) is 45.3 Å². The lowest BCUT2D eigenvalue weighted by molar-refractivity contribution is 0.0860. The molecule has 0 spiro atoms. The number of hydrogen-bond donors (Lipinski definition) is 3. The first kappa shape index (κ1) is 16.1. The summed E-state index contributed by atoms with van der Waals surface area (Å²) >= 11 is 0. The zero-order valence-electron chi connectivity index (χ0n) is 13.5. The lowest BCUT2D eigenvalue weighted by Crippen LogP contribution is -2.54. The third kappa shape index (κ3) is 2.99. The number of carbonyl (C=O) groups is 2. The molecule has 2 aromatic rings.